The first-order valence-electron chi connectivity index (χ1n) is 7.37. The van der Waals surface area contributed by atoms with Crippen molar-refractivity contribution in [3.63, 3.8) is 0 Å². The fourth-order valence-corrected chi connectivity index (χ4v) is 4.21. The van der Waals surface area contributed by atoms with Gasteiger partial charge in [0, 0.05) is 10.6 Å². The van der Waals surface area contributed by atoms with Crippen LogP contribution in [-0.4, -0.2) is 18.8 Å². The van der Waals surface area contributed by atoms with Gasteiger partial charge in [0.05, 0.1) is 0 Å². The number of hydrogen-bond donors (Lipinski definition) is 1. The number of piperidine rings is 1. The number of fused-ring (bicyclic) bond motifs is 1. The van der Waals surface area contributed by atoms with Gasteiger partial charge in [-0.05, 0) is 80.8 Å². The average Bonchev–Trinajstić information content (AvgIpc) is 2.46. The summed E-state index contributed by atoms with van der Waals surface area (Å²) >= 11 is 2.07. The maximum atomic E-state index is 3.44. The van der Waals surface area contributed by atoms with Crippen LogP contribution < -0.4 is 5.32 Å². The van der Waals surface area contributed by atoms with Crippen LogP contribution in [-0.2, 0) is 12.8 Å². The summed E-state index contributed by atoms with van der Waals surface area (Å²) in [5.41, 5.74) is 3.23. The molecule has 3 rings (SSSR count). The lowest BCUT2D eigenvalue weighted by Gasteiger charge is -2.22. The van der Waals surface area contributed by atoms with E-state index in [9.17, 15) is 0 Å². The van der Waals surface area contributed by atoms with E-state index in [1.165, 1.54) is 62.3 Å². The molecule has 18 heavy (non-hydrogen) atoms. The summed E-state index contributed by atoms with van der Waals surface area (Å²) in [5.74, 6) is 2.23. The Kier molecular flexibility index (Phi) is 4.27. The summed E-state index contributed by atoms with van der Waals surface area (Å²) in [6, 6.07) is 7.18. The zero-order valence-electron chi connectivity index (χ0n) is 11.1. The van der Waals surface area contributed by atoms with Crippen molar-refractivity contribution in [1.82, 2.24) is 5.32 Å². The number of hydrogen-bond acceptors (Lipinski definition) is 2. The van der Waals surface area contributed by atoms with Crippen molar-refractivity contribution >= 4 is 11.8 Å². The van der Waals surface area contributed by atoms with Gasteiger partial charge in [0.15, 0.2) is 0 Å². The van der Waals surface area contributed by atoms with Gasteiger partial charge in [0.25, 0.3) is 0 Å². The maximum Gasteiger partial charge on any atom is 0.00749 e. The number of nitrogens with one attached hydrogen (secondary N) is 1. The van der Waals surface area contributed by atoms with E-state index < -0.39 is 0 Å². The predicted octanol–water partition coefficient (Wildman–Crippen LogP) is 3.66. The molecule has 2 aliphatic rings. The topological polar surface area (TPSA) is 12.0 Å². The third-order valence-electron chi connectivity index (χ3n) is 4.26. The van der Waals surface area contributed by atoms with Crippen molar-refractivity contribution in [1.29, 1.82) is 0 Å². The third-order valence-corrected chi connectivity index (χ3v) is 5.49. The maximum absolute atomic E-state index is 3.44. The Morgan fingerprint density at radius 2 is 1.83 bits per heavy atom. The minimum Gasteiger partial charge on any atom is -0.317 e. The van der Waals surface area contributed by atoms with E-state index in [-0.39, 0.29) is 0 Å². The number of benzene rings is 1. The molecule has 0 amide bonds. The molecule has 1 aromatic rings. The van der Waals surface area contributed by atoms with Crippen LogP contribution in [0.15, 0.2) is 23.1 Å². The quantitative estimate of drug-likeness (QED) is 0.833. The SMILES string of the molecule is c1cc2c(cc1SCC1CCNCC1)CCCC2. The van der Waals surface area contributed by atoms with Gasteiger partial charge in [0.1, 0.15) is 0 Å². The Morgan fingerprint density at radius 1 is 1.06 bits per heavy atom. The van der Waals surface area contributed by atoms with Crippen molar-refractivity contribution in [3.8, 4) is 0 Å². The molecule has 0 unspecified atom stereocenters. The van der Waals surface area contributed by atoms with E-state index in [0.29, 0.717) is 0 Å². The zero-order chi connectivity index (χ0) is 12.2. The molecule has 1 aliphatic heterocycles. The summed E-state index contributed by atoms with van der Waals surface area (Å²) < 4.78 is 0. The van der Waals surface area contributed by atoms with E-state index in [1.54, 1.807) is 11.1 Å². The molecule has 0 atom stereocenters. The standard InChI is InChI=1S/C16H23NS/c1-2-4-15-11-16(6-5-14(15)3-1)18-12-13-7-9-17-10-8-13/h5-6,11,13,17H,1-4,7-10,12H2. The highest BCUT2D eigenvalue weighted by Crippen LogP contribution is 2.29. The lowest BCUT2D eigenvalue weighted by Crippen LogP contribution is -2.28. The molecule has 0 aromatic heterocycles. The van der Waals surface area contributed by atoms with E-state index in [2.05, 4.69) is 35.3 Å². The molecule has 1 heterocycles. The van der Waals surface area contributed by atoms with E-state index in [4.69, 9.17) is 0 Å². The van der Waals surface area contributed by atoms with Crippen molar-refractivity contribution < 1.29 is 0 Å². The summed E-state index contributed by atoms with van der Waals surface area (Å²) in [4.78, 5) is 1.49. The molecular formula is C16H23NS. The number of aryl methyl sites for hydroxylation is 2. The molecule has 1 fully saturated rings. The lowest BCUT2D eigenvalue weighted by molar-refractivity contribution is 0.408. The van der Waals surface area contributed by atoms with E-state index >= 15 is 0 Å². The van der Waals surface area contributed by atoms with E-state index in [0.717, 1.165) is 5.92 Å². The summed E-state index contributed by atoms with van der Waals surface area (Å²) in [5, 5.41) is 3.44. The van der Waals surface area contributed by atoms with Crippen LogP contribution in [0.1, 0.15) is 36.8 Å². The third kappa shape index (κ3) is 3.10. The highest BCUT2D eigenvalue weighted by molar-refractivity contribution is 7.99. The van der Waals surface area contributed by atoms with Gasteiger partial charge in [-0.2, -0.15) is 0 Å². The van der Waals surface area contributed by atoms with Gasteiger partial charge in [-0.25, -0.2) is 0 Å². The summed E-state index contributed by atoms with van der Waals surface area (Å²) in [6.45, 7) is 2.44. The molecule has 1 saturated heterocycles. The second-order valence-corrected chi connectivity index (χ2v) is 6.74. The zero-order valence-corrected chi connectivity index (χ0v) is 11.9. The van der Waals surface area contributed by atoms with Gasteiger partial charge in [0.2, 0.25) is 0 Å². The fraction of sp³-hybridized carbons (Fsp3) is 0.625. The Hall–Kier alpha value is -0.470. The highest BCUT2D eigenvalue weighted by Gasteiger charge is 2.14. The van der Waals surface area contributed by atoms with Gasteiger partial charge < -0.3 is 5.32 Å². The molecule has 2 heteroatoms. The molecule has 1 nitrogen and oxygen atoms in total. The number of rotatable bonds is 3. The molecular weight excluding hydrogens is 238 g/mol. The highest BCUT2D eigenvalue weighted by atomic mass is 32.2. The average molecular weight is 261 g/mol. The first kappa shape index (κ1) is 12.6. The molecule has 1 aromatic carbocycles. The van der Waals surface area contributed by atoms with Gasteiger partial charge in [-0.1, -0.05) is 6.07 Å². The molecule has 0 bridgehead atoms. The van der Waals surface area contributed by atoms with Gasteiger partial charge in [-0.3, -0.25) is 0 Å². The van der Waals surface area contributed by atoms with Crippen molar-refractivity contribution in [3.05, 3.63) is 29.3 Å². The molecule has 0 radical (unpaired) electrons. The van der Waals surface area contributed by atoms with Gasteiger partial charge >= 0.3 is 0 Å². The van der Waals surface area contributed by atoms with Crippen LogP contribution in [0.4, 0.5) is 0 Å². The number of thioether (sulfide) groups is 1. The van der Waals surface area contributed by atoms with E-state index in [1.807, 2.05) is 0 Å². The second-order valence-electron chi connectivity index (χ2n) is 5.64. The second kappa shape index (κ2) is 6.12. The Bertz CT molecular complexity index is 396. The van der Waals surface area contributed by atoms with Crippen LogP contribution in [0.25, 0.3) is 0 Å². The first-order valence-corrected chi connectivity index (χ1v) is 8.36. The Balaban J connectivity index is 1.58. The largest absolute Gasteiger partial charge is 0.317 e. The van der Waals surface area contributed by atoms with Crippen molar-refractivity contribution in [2.45, 2.75) is 43.4 Å². The van der Waals surface area contributed by atoms with Gasteiger partial charge in [-0.15, -0.1) is 11.8 Å². The fourth-order valence-electron chi connectivity index (χ4n) is 3.06. The normalized spacial score (nSPS) is 20.7. The predicted molar refractivity (Wildman–Crippen MR) is 79.4 cm³/mol. The summed E-state index contributed by atoms with van der Waals surface area (Å²) in [6.07, 6.45) is 8.09. The minimum absolute atomic E-state index is 0.923. The molecule has 0 spiro atoms. The van der Waals surface area contributed by atoms with Crippen LogP contribution in [0, 0.1) is 5.92 Å². The summed E-state index contributed by atoms with van der Waals surface area (Å²) in [7, 11) is 0. The Morgan fingerprint density at radius 3 is 2.67 bits per heavy atom. The van der Waals surface area contributed by atoms with Crippen LogP contribution in [0.3, 0.4) is 0 Å². The molecule has 0 saturated carbocycles. The monoisotopic (exact) mass is 261 g/mol. The van der Waals surface area contributed by atoms with Crippen molar-refractivity contribution in [2.75, 3.05) is 18.8 Å². The molecule has 98 valence electrons. The smallest absolute Gasteiger partial charge is 0.00749 e. The minimum atomic E-state index is 0.923. The lowest BCUT2D eigenvalue weighted by atomic mass is 9.92. The molecule has 1 aliphatic carbocycles. The van der Waals surface area contributed by atoms with Crippen LogP contribution in [0.2, 0.25) is 0 Å². The van der Waals surface area contributed by atoms with Crippen LogP contribution >= 0.6 is 11.8 Å². The first-order chi connectivity index (χ1) is 8.92. The Labute approximate surface area is 115 Å². The molecule has 1 N–H and O–H groups in total. The van der Waals surface area contributed by atoms with Crippen LogP contribution in [0.5, 0.6) is 0 Å². The van der Waals surface area contributed by atoms with Crippen molar-refractivity contribution in [2.24, 2.45) is 5.92 Å².